The molecule has 4 nitrogen and oxygen atoms in total. The fourth-order valence-electron chi connectivity index (χ4n) is 3.03. The Morgan fingerprint density at radius 3 is 2.39 bits per heavy atom. The minimum absolute atomic E-state index is 0.0762. The van der Waals surface area contributed by atoms with E-state index in [0.717, 1.165) is 11.3 Å². The van der Waals surface area contributed by atoms with Gasteiger partial charge in [-0.05, 0) is 31.0 Å². The summed E-state index contributed by atoms with van der Waals surface area (Å²) in [5.74, 6) is 1.09. The van der Waals surface area contributed by atoms with Gasteiger partial charge in [-0.2, -0.15) is 0 Å². The summed E-state index contributed by atoms with van der Waals surface area (Å²) in [7, 11) is 0.135. The summed E-state index contributed by atoms with van der Waals surface area (Å²) in [6, 6.07) is 8.30. The lowest BCUT2D eigenvalue weighted by molar-refractivity contribution is -0.139. The van der Waals surface area contributed by atoms with Crippen LogP contribution in [0.15, 0.2) is 24.3 Å². The highest BCUT2D eigenvalue weighted by Crippen LogP contribution is 2.35. The van der Waals surface area contributed by atoms with Gasteiger partial charge in [-0.1, -0.05) is 31.8 Å². The first-order chi connectivity index (χ1) is 10.7. The van der Waals surface area contributed by atoms with Crippen LogP contribution in [0.3, 0.4) is 0 Å². The summed E-state index contributed by atoms with van der Waals surface area (Å²) >= 11 is 0. The normalized spacial score (nSPS) is 21.6. The van der Waals surface area contributed by atoms with Crippen LogP contribution in [0.2, 0.25) is 25.7 Å². The van der Waals surface area contributed by atoms with Gasteiger partial charge in [0, 0.05) is 19.0 Å². The third kappa shape index (κ3) is 4.02. The smallest absolute Gasteiger partial charge is 0.223 e. The van der Waals surface area contributed by atoms with E-state index >= 15 is 0 Å². The molecule has 1 saturated heterocycles. The lowest BCUT2D eigenvalue weighted by atomic mass is 9.93. The van der Waals surface area contributed by atoms with Gasteiger partial charge >= 0.3 is 0 Å². The fourth-order valence-corrected chi connectivity index (χ4v) is 4.38. The lowest BCUT2D eigenvalue weighted by Crippen LogP contribution is -2.50. The second-order valence-electron chi connectivity index (χ2n) is 7.76. The maximum atomic E-state index is 12.9. The van der Waals surface area contributed by atoms with Gasteiger partial charge in [-0.25, -0.2) is 0 Å². The molecule has 0 aromatic heterocycles. The zero-order valence-corrected chi connectivity index (χ0v) is 15.8. The van der Waals surface area contributed by atoms with Crippen molar-refractivity contribution >= 4 is 19.8 Å². The molecule has 1 aliphatic heterocycles. The van der Waals surface area contributed by atoms with E-state index in [4.69, 9.17) is 4.74 Å². The molecular formula is C18H27NO3Si. The molecule has 1 fully saturated rings. The number of ketones is 1. The molecule has 1 aromatic carbocycles. The first kappa shape index (κ1) is 17.7. The number of likely N-dealkylation sites (tertiary alicyclic amines) is 1. The van der Waals surface area contributed by atoms with Crippen LogP contribution in [0.1, 0.15) is 25.3 Å². The van der Waals surface area contributed by atoms with Crippen LogP contribution in [0.4, 0.5) is 0 Å². The molecule has 1 aliphatic rings. The van der Waals surface area contributed by atoms with E-state index in [-0.39, 0.29) is 11.7 Å². The van der Waals surface area contributed by atoms with Crippen LogP contribution in [0.25, 0.3) is 0 Å². The number of carbonyl (C=O) groups is 2. The number of hydrogen-bond acceptors (Lipinski definition) is 3. The number of benzene rings is 1. The van der Waals surface area contributed by atoms with E-state index in [9.17, 15) is 9.59 Å². The Kier molecular flexibility index (Phi) is 4.99. The van der Waals surface area contributed by atoms with Crippen molar-refractivity contribution < 1.29 is 14.3 Å². The van der Waals surface area contributed by atoms with Crippen LogP contribution in [0, 0.1) is 0 Å². The molecule has 0 radical (unpaired) electrons. The number of Topliss-reactive ketones (excluding diaryl/α,β-unsaturated/α-hetero) is 1. The number of rotatable bonds is 6. The molecule has 0 aliphatic carbocycles. The monoisotopic (exact) mass is 333 g/mol. The van der Waals surface area contributed by atoms with Gasteiger partial charge in [-0.15, -0.1) is 0 Å². The number of hydrogen-bond donors (Lipinski definition) is 0. The molecule has 0 saturated carbocycles. The van der Waals surface area contributed by atoms with E-state index in [2.05, 4.69) is 19.6 Å². The summed E-state index contributed by atoms with van der Waals surface area (Å²) < 4.78 is 5.16. The Morgan fingerprint density at radius 1 is 1.26 bits per heavy atom. The van der Waals surface area contributed by atoms with Crippen LogP contribution < -0.4 is 4.74 Å². The molecule has 0 N–H and O–H groups in total. The predicted octanol–water partition coefficient (Wildman–Crippen LogP) is 3.48. The molecule has 1 atom stereocenters. The molecule has 2 rings (SSSR count). The molecule has 126 valence electrons. The van der Waals surface area contributed by atoms with Crippen LogP contribution >= 0.6 is 0 Å². The summed E-state index contributed by atoms with van der Waals surface area (Å²) in [6.07, 6.45) is 1.09. The number of amides is 1. The quantitative estimate of drug-likeness (QED) is 0.749. The Hall–Kier alpha value is -1.62. The number of methoxy groups -OCH3 is 1. The van der Waals surface area contributed by atoms with Crippen LogP contribution in [0.5, 0.6) is 5.75 Å². The maximum Gasteiger partial charge on any atom is 0.223 e. The minimum atomic E-state index is -1.49. The Morgan fingerprint density at radius 2 is 1.87 bits per heavy atom. The third-order valence-corrected chi connectivity index (χ3v) is 5.90. The Labute approximate surface area is 139 Å². The highest BCUT2D eigenvalue weighted by Gasteiger charge is 2.47. The van der Waals surface area contributed by atoms with E-state index in [1.807, 2.05) is 31.2 Å². The lowest BCUT2D eigenvalue weighted by Gasteiger charge is -2.35. The van der Waals surface area contributed by atoms with Crippen molar-refractivity contribution in [2.24, 2.45) is 0 Å². The van der Waals surface area contributed by atoms with Gasteiger partial charge in [-0.3, -0.25) is 9.59 Å². The topological polar surface area (TPSA) is 46.6 Å². The van der Waals surface area contributed by atoms with Gasteiger partial charge in [0.1, 0.15) is 5.75 Å². The number of carbonyl (C=O) groups excluding carboxylic acids is 2. The van der Waals surface area contributed by atoms with Crippen molar-refractivity contribution in [3.05, 3.63) is 29.8 Å². The highest BCUT2D eigenvalue weighted by atomic mass is 28.3. The summed E-state index contributed by atoms with van der Waals surface area (Å²) in [5.41, 5.74) is 0.366. The predicted molar refractivity (Wildman–Crippen MR) is 94.3 cm³/mol. The van der Waals surface area contributed by atoms with Gasteiger partial charge < -0.3 is 9.64 Å². The molecular weight excluding hydrogens is 306 g/mol. The molecule has 0 bridgehead atoms. The largest absolute Gasteiger partial charge is 0.497 e. The summed E-state index contributed by atoms with van der Waals surface area (Å²) in [4.78, 5) is 27.0. The Bertz CT molecular complexity index is 591. The van der Waals surface area contributed by atoms with Crippen molar-refractivity contribution in [3.63, 3.8) is 0 Å². The first-order valence-corrected chi connectivity index (χ1v) is 11.8. The van der Waals surface area contributed by atoms with Crippen molar-refractivity contribution in [3.8, 4) is 5.75 Å². The van der Waals surface area contributed by atoms with Crippen molar-refractivity contribution in [1.29, 1.82) is 0 Å². The summed E-state index contributed by atoms with van der Waals surface area (Å²) in [5, 5.41) is 0. The third-order valence-electron chi connectivity index (χ3n) is 4.51. The maximum absolute atomic E-state index is 12.9. The minimum Gasteiger partial charge on any atom is -0.497 e. The first-order valence-electron chi connectivity index (χ1n) is 8.12. The molecule has 23 heavy (non-hydrogen) atoms. The van der Waals surface area contributed by atoms with Gasteiger partial charge in [0.25, 0.3) is 0 Å². The zero-order chi connectivity index (χ0) is 17.3. The zero-order valence-electron chi connectivity index (χ0n) is 14.8. The highest BCUT2D eigenvalue weighted by molar-refractivity contribution is 6.79. The number of nitrogens with zero attached hydrogens (tertiary/aromatic N) is 1. The van der Waals surface area contributed by atoms with Crippen molar-refractivity contribution in [2.45, 2.75) is 57.5 Å². The molecule has 0 spiro atoms. The SMILES string of the molecule is COc1ccc(CN2C(=O)CCC2(C)C(=O)C[Si](C)(C)C)cc1. The summed E-state index contributed by atoms with van der Waals surface area (Å²) in [6.45, 7) is 9.00. The van der Waals surface area contributed by atoms with Gasteiger partial charge in [0.2, 0.25) is 5.91 Å². The molecule has 1 amide bonds. The average molecular weight is 334 g/mol. The molecule has 1 heterocycles. The second kappa shape index (κ2) is 6.47. The standard InChI is InChI=1S/C18H27NO3Si/c1-18(16(20)13-23(3,4)5)11-10-17(21)19(18)12-14-6-8-15(22-2)9-7-14/h6-9H,10-13H2,1-5H3. The van der Waals surface area contributed by atoms with E-state index in [1.54, 1.807) is 12.0 Å². The van der Waals surface area contributed by atoms with Gasteiger partial charge in [0.05, 0.1) is 20.7 Å². The molecule has 1 unspecified atom stereocenters. The van der Waals surface area contributed by atoms with E-state index in [0.29, 0.717) is 25.4 Å². The van der Waals surface area contributed by atoms with Crippen molar-refractivity contribution in [2.75, 3.05) is 7.11 Å². The second-order valence-corrected chi connectivity index (χ2v) is 13.2. The van der Waals surface area contributed by atoms with Gasteiger partial charge in [0.15, 0.2) is 5.78 Å². The molecule has 5 heteroatoms. The van der Waals surface area contributed by atoms with E-state index < -0.39 is 13.6 Å². The van der Waals surface area contributed by atoms with E-state index in [1.165, 1.54) is 0 Å². The number of ether oxygens (including phenoxy) is 1. The fraction of sp³-hybridized carbons (Fsp3) is 0.556. The Balaban J connectivity index is 2.19. The van der Waals surface area contributed by atoms with Crippen molar-refractivity contribution in [1.82, 2.24) is 4.90 Å². The van der Waals surface area contributed by atoms with Crippen LogP contribution in [-0.2, 0) is 16.1 Å². The average Bonchev–Trinajstić information content (AvgIpc) is 2.76. The van der Waals surface area contributed by atoms with Crippen LogP contribution in [-0.4, -0.2) is 37.3 Å². The molecule has 1 aromatic rings.